The molecule has 4 amide bonds. The molecule has 1 aromatic heterocycles. The van der Waals surface area contributed by atoms with Crippen molar-refractivity contribution in [2.45, 2.75) is 146 Å². The molecule has 3 N–H and O–H groups in total. The number of carbonyl (C=O) groups excluding carboxylic acids is 4. The van der Waals surface area contributed by atoms with E-state index in [2.05, 4.69) is 21.9 Å². The van der Waals surface area contributed by atoms with Gasteiger partial charge in [0.2, 0.25) is 21.8 Å². The average Bonchev–Trinajstić information content (AvgIpc) is 4.16. The van der Waals surface area contributed by atoms with Crippen molar-refractivity contribution in [3.8, 4) is 11.5 Å². The van der Waals surface area contributed by atoms with Crippen molar-refractivity contribution in [3.05, 3.63) is 42.1 Å². The van der Waals surface area contributed by atoms with Gasteiger partial charge < -0.3 is 29.7 Å². The van der Waals surface area contributed by atoms with E-state index in [-0.39, 0.29) is 25.4 Å². The number of amides is 4. The molecule has 2 aromatic rings. The van der Waals surface area contributed by atoms with Crippen LogP contribution in [0.15, 0.2) is 30.9 Å². The highest BCUT2D eigenvalue weighted by molar-refractivity contribution is 7.91. The topological polar surface area (TPSA) is 182 Å². The molecule has 6 atom stereocenters. The lowest BCUT2D eigenvalue weighted by Crippen LogP contribution is -2.62. The summed E-state index contributed by atoms with van der Waals surface area (Å²) in [5.41, 5.74) is 0.537. The summed E-state index contributed by atoms with van der Waals surface area (Å²) in [6.07, 6.45) is 11.1. The number of nitrogens with one attached hydrogen (secondary N) is 3. The Morgan fingerprint density at radius 1 is 1.05 bits per heavy atom. The Morgan fingerprint density at radius 2 is 1.80 bits per heavy atom. The van der Waals surface area contributed by atoms with Crippen molar-refractivity contribution in [1.29, 1.82) is 0 Å². The number of benzene rings is 1. The third kappa shape index (κ3) is 9.19. The lowest BCUT2D eigenvalue weighted by atomic mass is 9.70. The SMILES string of the molecule is C=CC1CC1(NC(=O)C1CC2CCc3c(c(nc4ccc(OC)cc34)CCCCCC(C)COC(=O)NC(C3(C)CCCCC3)C(=O)N1C)O2)C(=O)NS(=O)(=O)C1CC1. The molecule has 6 unspecified atom stereocenters. The third-order valence-corrected chi connectivity index (χ3v) is 15.3. The van der Waals surface area contributed by atoms with Crippen LogP contribution in [0.5, 0.6) is 11.5 Å². The zero-order valence-electron chi connectivity index (χ0n) is 35.0. The zero-order valence-corrected chi connectivity index (χ0v) is 35.8. The van der Waals surface area contributed by atoms with Gasteiger partial charge in [-0.3, -0.25) is 19.1 Å². The van der Waals surface area contributed by atoms with Crippen LogP contribution in [0.2, 0.25) is 0 Å². The van der Waals surface area contributed by atoms with E-state index in [0.29, 0.717) is 56.4 Å². The second kappa shape index (κ2) is 17.3. The minimum atomic E-state index is -3.91. The fourth-order valence-electron chi connectivity index (χ4n) is 9.40. The standard InChI is InChI=1S/C44H61N5O9S/c1-6-28-25-44(28,41(52)48-59(54,55)31-17-18-31)47-39(50)36-24-30-15-19-32-33-23-29(56-5)16-20-34(33)45-35(37(32)58-30)14-10-7-9-13-27(2)26-57-42(53)46-38(40(51)49(36)4)43(3)21-11-8-12-22-43/h6,16,20,23,27-28,30-31,36,38H,1,7-15,17-19,21-22,24-26H2,2-5H3,(H,46,53)(H,47,50)(H,48,52). The van der Waals surface area contributed by atoms with Crippen LogP contribution in [0.3, 0.4) is 0 Å². The van der Waals surface area contributed by atoms with E-state index in [1.807, 2.05) is 32.0 Å². The first-order valence-corrected chi connectivity index (χ1v) is 23.1. The maximum Gasteiger partial charge on any atom is 0.407 e. The number of nitrogens with zero attached hydrogens (tertiary/aromatic N) is 2. The largest absolute Gasteiger partial charge is 0.497 e. The summed E-state index contributed by atoms with van der Waals surface area (Å²) in [6, 6.07) is 3.67. The van der Waals surface area contributed by atoms with Gasteiger partial charge in [0, 0.05) is 30.3 Å². The Kier molecular flexibility index (Phi) is 12.5. The average molecular weight is 836 g/mol. The molecule has 5 aliphatic rings. The number of sulfonamides is 1. The number of aryl methyl sites for hydroxylation is 2. The molecule has 2 aliphatic heterocycles. The van der Waals surface area contributed by atoms with Gasteiger partial charge in [-0.2, -0.15) is 0 Å². The third-order valence-electron chi connectivity index (χ3n) is 13.5. The highest BCUT2D eigenvalue weighted by Crippen LogP contribution is 2.46. The molecular weight excluding hydrogens is 775 g/mol. The van der Waals surface area contributed by atoms with E-state index < -0.39 is 74.1 Å². The lowest BCUT2D eigenvalue weighted by molar-refractivity contribution is -0.145. The number of ether oxygens (including phenoxy) is 3. The molecule has 15 heteroatoms. The molecular formula is C44H61N5O9S. The molecule has 59 heavy (non-hydrogen) atoms. The van der Waals surface area contributed by atoms with E-state index in [4.69, 9.17) is 19.2 Å². The normalized spacial score (nSPS) is 29.3. The van der Waals surface area contributed by atoms with Crippen LogP contribution >= 0.6 is 0 Å². The van der Waals surface area contributed by atoms with Gasteiger partial charge in [0.1, 0.15) is 35.2 Å². The summed E-state index contributed by atoms with van der Waals surface area (Å²) in [4.78, 5) is 63.5. The highest BCUT2D eigenvalue weighted by atomic mass is 32.2. The van der Waals surface area contributed by atoms with Gasteiger partial charge in [0.15, 0.2) is 0 Å². The maximum absolute atomic E-state index is 15.0. The van der Waals surface area contributed by atoms with Crippen molar-refractivity contribution >= 4 is 44.7 Å². The minimum Gasteiger partial charge on any atom is -0.497 e. The van der Waals surface area contributed by atoms with E-state index in [1.54, 1.807) is 14.2 Å². The number of hydrogen-bond acceptors (Lipinski definition) is 10. The lowest BCUT2D eigenvalue weighted by Gasteiger charge is -2.43. The number of pyridine rings is 1. The molecule has 1 aromatic carbocycles. The van der Waals surface area contributed by atoms with Crippen LogP contribution in [-0.4, -0.2) is 91.9 Å². The fourth-order valence-corrected chi connectivity index (χ4v) is 10.8. The van der Waals surface area contributed by atoms with E-state index >= 15 is 0 Å². The smallest absolute Gasteiger partial charge is 0.407 e. The molecule has 0 saturated heterocycles. The quantitative estimate of drug-likeness (QED) is 0.282. The summed E-state index contributed by atoms with van der Waals surface area (Å²) in [5, 5.41) is 6.14. The van der Waals surface area contributed by atoms with E-state index in [0.717, 1.165) is 67.1 Å². The minimum absolute atomic E-state index is 0.0608. The summed E-state index contributed by atoms with van der Waals surface area (Å²) in [6.45, 7) is 8.10. The van der Waals surface area contributed by atoms with Crippen molar-refractivity contribution in [2.75, 3.05) is 20.8 Å². The molecule has 0 radical (unpaired) electrons. The van der Waals surface area contributed by atoms with Crippen molar-refractivity contribution < 1.29 is 41.8 Å². The number of rotatable bonds is 8. The second-order valence-electron chi connectivity index (χ2n) is 18.0. The molecule has 2 bridgehead atoms. The Balaban J connectivity index is 1.25. The van der Waals surface area contributed by atoms with Gasteiger partial charge >= 0.3 is 6.09 Å². The Hall–Kier alpha value is -4.40. The molecule has 0 spiro atoms. The summed E-state index contributed by atoms with van der Waals surface area (Å²) < 4.78 is 46.2. The Labute approximate surface area is 348 Å². The fraction of sp³-hybridized carbons (Fsp3) is 0.659. The Bertz CT molecular complexity index is 2070. The number of methoxy groups -OCH3 is 1. The van der Waals surface area contributed by atoms with Crippen LogP contribution in [-0.2, 0) is 42.0 Å². The first-order valence-electron chi connectivity index (χ1n) is 21.5. The first-order chi connectivity index (χ1) is 28.2. The summed E-state index contributed by atoms with van der Waals surface area (Å²) in [5.74, 6) is -0.929. The molecule has 3 aliphatic carbocycles. The molecule has 3 fully saturated rings. The molecule has 3 heterocycles. The predicted molar refractivity (Wildman–Crippen MR) is 222 cm³/mol. The zero-order chi connectivity index (χ0) is 42.1. The Morgan fingerprint density at radius 3 is 2.49 bits per heavy atom. The van der Waals surface area contributed by atoms with Crippen LogP contribution in [0.25, 0.3) is 10.9 Å². The summed E-state index contributed by atoms with van der Waals surface area (Å²) in [7, 11) is -0.735. The second-order valence-corrected chi connectivity index (χ2v) is 20.0. The van der Waals surface area contributed by atoms with Gasteiger partial charge in [-0.05, 0) is 93.7 Å². The molecule has 3 saturated carbocycles. The van der Waals surface area contributed by atoms with Crippen molar-refractivity contribution in [1.82, 2.24) is 25.2 Å². The van der Waals surface area contributed by atoms with Crippen LogP contribution in [0, 0.1) is 17.3 Å². The van der Waals surface area contributed by atoms with Gasteiger partial charge in [-0.1, -0.05) is 52.0 Å². The number of cyclic esters (lactones) is 1. The number of fused-ring (bicyclic) bond motifs is 3. The number of likely N-dealkylation sites (N-methyl/N-ethyl adjacent to an activating group) is 1. The predicted octanol–water partition coefficient (Wildman–Crippen LogP) is 5.64. The number of hydrogen-bond donors (Lipinski definition) is 3. The number of carbonyl (C=O) groups is 4. The van der Waals surface area contributed by atoms with Crippen LogP contribution < -0.4 is 24.8 Å². The van der Waals surface area contributed by atoms with E-state index in [1.165, 1.54) is 11.0 Å². The molecule has 7 rings (SSSR count). The van der Waals surface area contributed by atoms with Gasteiger partial charge in [-0.15, -0.1) is 6.58 Å². The maximum atomic E-state index is 15.0. The highest BCUT2D eigenvalue weighted by Gasteiger charge is 2.61. The van der Waals surface area contributed by atoms with E-state index in [9.17, 15) is 27.6 Å². The first kappa shape index (κ1) is 42.7. The van der Waals surface area contributed by atoms with Gasteiger partial charge in [0.25, 0.3) is 5.91 Å². The summed E-state index contributed by atoms with van der Waals surface area (Å²) >= 11 is 0. The van der Waals surface area contributed by atoms with Crippen molar-refractivity contribution in [2.24, 2.45) is 17.3 Å². The van der Waals surface area contributed by atoms with Crippen LogP contribution in [0.1, 0.15) is 115 Å². The van der Waals surface area contributed by atoms with Gasteiger partial charge in [-0.25, -0.2) is 18.2 Å². The number of aromatic nitrogens is 1. The molecule has 14 nitrogen and oxygen atoms in total. The van der Waals surface area contributed by atoms with Gasteiger partial charge in [0.05, 0.1) is 30.2 Å². The van der Waals surface area contributed by atoms with Crippen LogP contribution in [0.4, 0.5) is 4.79 Å². The van der Waals surface area contributed by atoms with Crippen molar-refractivity contribution in [3.63, 3.8) is 0 Å². The monoisotopic (exact) mass is 835 g/mol. The molecule has 322 valence electrons. The number of alkyl carbamates (subject to hydrolysis) is 1.